The molecule has 4 heteroatoms. The minimum absolute atomic E-state index is 0.618. The maximum Gasteiger partial charge on any atom is 0.122 e. The first kappa shape index (κ1) is 13.6. The van der Waals surface area contributed by atoms with Gasteiger partial charge in [-0.25, -0.2) is 0 Å². The molecule has 0 unspecified atom stereocenters. The molecule has 0 radical (unpaired) electrons. The van der Waals surface area contributed by atoms with Gasteiger partial charge in [-0.3, -0.25) is 0 Å². The second kappa shape index (κ2) is 6.95. The van der Waals surface area contributed by atoms with Crippen LogP contribution in [0.5, 0.6) is 5.75 Å². The van der Waals surface area contributed by atoms with Crippen LogP contribution < -0.4 is 4.74 Å². The minimum Gasteiger partial charge on any atom is -0.488 e. The Balaban J connectivity index is 1.84. The van der Waals surface area contributed by atoms with Gasteiger partial charge in [0.25, 0.3) is 0 Å². The first-order valence-electron chi connectivity index (χ1n) is 6.19. The summed E-state index contributed by atoms with van der Waals surface area (Å²) >= 11 is 1.70. The summed E-state index contributed by atoms with van der Waals surface area (Å²) in [7, 11) is 0. The van der Waals surface area contributed by atoms with Crippen molar-refractivity contribution in [1.82, 2.24) is 0 Å². The summed E-state index contributed by atoms with van der Waals surface area (Å²) in [5, 5.41) is 13.8. The van der Waals surface area contributed by atoms with Gasteiger partial charge in [0.05, 0.1) is 5.71 Å². The highest BCUT2D eigenvalue weighted by Crippen LogP contribution is 2.17. The second-order valence-electron chi connectivity index (χ2n) is 4.35. The van der Waals surface area contributed by atoms with Crippen molar-refractivity contribution in [2.24, 2.45) is 5.16 Å². The van der Waals surface area contributed by atoms with Crippen molar-refractivity contribution in [3.05, 3.63) is 52.2 Å². The van der Waals surface area contributed by atoms with Gasteiger partial charge in [0, 0.05) is 4.88 Å². The number of benzene rings is 1. The Morgan fingerprint density at radius 3 is 2.68 bits per heavy atom. The summed E-state index contributed by atoms with van der Waals surface area (Å²) in [6.45, 7) is 2.44. The number of rotatable bonds is 6. The molecule has 0 fully saturated rings. The number of ether oxygens (including phenoxy) is 1. The van der Waals surface area contributed by atoms with Gasteiger partial charge in [0.2, 0.25) is 0 Å². The van der Waals surface area contributed by atoms with Crippen molar-refractivity contribution >= 4 is 17.0 Å². The number of hydrogen-bond acceptors (Lipinski definition) is 4. The van der Waals surface area contributed by atoms with Crippen LogP contribution >= 0.6 is 11.3 Å². The van der Waals surface area contributed by atoms with Crippen molar-refractivity contribution < 1.29 is 9.94 Å². The second-order valence-corrected chi connectivity index (χ2v) is 5.38. The van der Waals surface area contributed by atoms with E-state index in [0.29, 0.717) is 6.61 Å². The average molecular weight is 275 g/mol. The van der Waals surface area contributed by atoms with Gasteiger partial charge in [-0.15, -0.1) is 11.3 Å². The zero-order valence-corrected chi connectivity index (χ0v) is 11.7. The van der Waals surface area contributed by atoms with Crippen molar-refractivity contribution in [1.29, 1.82) is 0 Å². The third kappa shape index (κ3) is 4.41. The third-order valence-electron chi connectivity index (χ3n) is 2.83. The molecular formula is C15H17NO2S. The van der Waals surface area contributed by atoms with Gasteiger partial charge in [0.1, 0.15) is 12.4 Å². The SMILES string of the molecule is C/C(CCc1ccc(OCc2cccs2)cc1)=N\O. The molecule has 0 saturated heterocycles. The molecule has 1 aromatic heterocycles. The highest BCUT2D eigenvalue weighted by atomic mass is 32.1. The molecule has 0 aliphatic heterocycles. The maximum atomic E-state index is 8.59. The van der Waals surface area contributed by atoms with E-state index in [4.69, 9.17) is 9.94 Å². The molecule has 1 N–H and O–H groups in total. The summed E-state index contributed by atoms with van der Waals surface area (Å²) in [6, 6.07) is 12.2. The van der Waals surface area contributed by atoms with E-state index in [1.165, 1.54) is 10.4 Å². The molecule has 1 heterocycles. The number of oxime groups is 1. The van der Waals surface area contributed by atoms with Gasteiger partial charge in [0.15, 0.2) is 0 Å². The van der Waals surface area contributed by atoms with E-state index >= 15 is 0 Å². The summed E-state index contributed by atoms with van der Waals surface area (Å²) < 4.78 is 5.70. The molecule has 0 aliphatic carbocycles. The molecule has 0 saturated carbocycles. The molecule has 0 aliphatic rings. The van der Waals surface area contributed by atoms with E-state index in [1.54, 1.807) is 11.3 Å². The first-order chi connectivity index (χ1) is 9.28. The minimum atomic E-state index is 0.618. The van der Waals surface area contributed by atoms with Crippen LogP contribution in [-0.4, -0.2) is 10.9 Å². The van der Waals surface area contributed by atoms with E-state index < -0.39 is 0 Å². The van der Waals surface area contributed by atoms with Crippen molar-refractivity contribution in [3.8, 4) is 5.75 Å². The highest BCUT2D eigenvalue weighted by molar-refractivity contribution is 7.09. The Morgan fingerprint density at radius 1 is 1.26 bits per heavy atom. The van der Waals surface area contributed by atoms with Crippen LogP contribution in [0.25, 0.3) is 0 Å². The van der Waals surface area contributed by atoms with Crippen molar-refractivity contribution in [2.75, 3.05) is 0 Å². The monoisotopic (exact) mass is 275 g/mol. The normalized spacial score (nSPS) is 11.5. The topological polar surface area (TPSA) is 41.8 Å². The zero-order chi connectivity index (χ0) is 13.5. The van der Waals surface area contributed by atoms with Crippen LogP contribution in [0.15, 0.2) is 46.9 Å². The zero-order valence-electron chi connectivity index (χ0n) is 10.9. The third-order valence-corrected chi connectivity index (χ3v) is 3.68. The van der Waals surface area contributed by atoms with Gasteiger partial charge >= 0.3 is 0 Å². The Kier molecular flexibility index (Phi) is 4.98. The van der Waals surface area contributed by atoms with Gasteiger partial charge in [-0.2, -0.15) is 0 Å². The lowest BCUT2D eigenvalue weighted by Crippen LogP contribution is -1.96. The largest absolute Gasteiger partial charge is 0.488 e. The smallest absolute Gasteiger partial charge is 0.122 e. The standard InChI is InChI=1S/C15H17NO2S/c1-12(16-17)4-5-13-6-8-14(9-7-13)18-11-15-3-2-10-19-15/h2-3,6-10,17H,4-5,11H2,1H3/b16-12+. The molecule has 2 rings (SSSR count). The predicted octanol–water partition coefficient (Wildman–Crippen LogP) is 4.11. The molecule has 3 nitrogen and oxygen atoms in total. The summed E-state index contributed by atoms with van der Waals surface area (Å²) in [4.78, 5) is 1.22. The number of thiophene rings is 1. The van der Waals surface area contributed by atoms with Crippen LogP contribution in [0.1, 0.15) is 23.8 Å². The molecule has 19 heavy (non-hydrogen) atoms. The first-order valence-corrected chi connectivity index (χ1v) is 7.07. The van der Waals surface area contributed by atoms with Gasteiger partial charge in [-0.05, 0) is 48.9 Å². The van der Waals surface area contributed by atoms with E-state index in [9.17, 15) is 0 Å². The number of hydrogen-bond donors (Lipinski definition) is 1. The molecule has 1 aromatic carbocycles. The van der Waals surface area contributed by atoms with Crippen LogP contribution in [0.4, 0.5) is 0 Å². The quantitative estimate of drug-likeness (QED) is 0.489. The lowest BCUT2D eigenvalue weighted by molar-refractivity contribution is 0.309. The van der Waals surface area contributed by atoms with Crippen LogP contribution in [0.3, 0.4) is 0 Å². The Hall–Kier alpha value is -1.81. The van der Waals surface area contributed by atoms with Gasteiger partial charge in [-0.1, -0.05) is 23.4 Å². The van der Waals surface area contributed by atoms with Crippen molar-refractivity contribution in [2.45, 2.75) is 26.4 Å². The average Bonchev–Trinajstić information content (AvgIpc) is 2.97. The highest BCUT2D eigenvalue weighted by Gasteiger charge is 1.99. The Bertz CT molecular complexity index is 518. The van der Waals surface area contributed by atoms with E-state index in [-0.39, 0.29) is 0 Å². The number of nitrogens with zero attached hydrogens (tertiary/aromatic N) is 1. The number of aryl methyl sites for hydroxylation is 1. The fraction of sp³-hybridized carbons (Fsp3) is 0.267. The van der Waals surface area contributed by atoms with Crippen molar-refractivity contribution in [3.63, 3.8) is 0 Å². The summed E-state index contributed by atoms with van der Waals surface area (Å²) in [5.41, 5.74) is 1.96. The summed E-state index contributed by atoms with van der Waals surface area (Å²) in [6.07, 6.45) is 1.65. The van der Waals surface area contributed by atoms with Crippen LogP contribution in [0, 0.1) is 0 Å². The van der Waals surface area contributed by atoms with E-state index in [2.05, 4.69) is 23.4 Å². The molecule has 0 bridgehead atoms. The maximum absolute atomic E-state index is 8.59. The molecule has 2 aromatic rings. The fourth-order valence-electron chi connectivity index (χ4n) is 1.68. The molecular weight excluding hydrogens is 258 g/mol. The molecule has 0 amide bonds. The lowest BCUT2D eigenvalue weighted by Gasteiger charge is -2.06. The lowest BCUT2D eigenvalue weighted by atomic mass is 10.1. The molecule has 100 valence electrons. The Labute approximate surface area is 117 Å². The fourth-order valence-corrected chi connectivity index (χ4v) is 2.29. The summed E-state index contributed by atoms with van der Waals surface area (Å²) in [5.74, 6) is 0.879. The van der Waals surface area contributed by atoms with Gasteiger partial charge < -0.3 is 9.94 Å². The molecule has 0 spiro atoms. The van der Waals surface area contributed by atoms with Crippen LogP contribution in [0.2, 0.25) is 0 Å². The van der Waals surface area contributed by atoms with E-state index in [1.807, 2.05) is 30.5 Å². The van der Waals surface area contributed by atoms with E-state index in [0.717, 1.165) is 24.3 Å². The predicted molar refractivity (Wildman–Crippen MR) is 78.3 cm³/mol. The van der Waals surface area contributed by atoms with Crippen LogP contribution in [-0.2, 0) is 13.0 Å². The molecule has 0 atom stereocenters. The Morgan fingerprint density at radius 2 is 2.05 bits per heavy atom.